The van der Waals surface area contributed by atoms with Crippen LogP contribution in [-0.2, 0) is 6.18 Å². The van der Waals surface area contributed by atoms with E-state index in [9.17, 15) is 17.6 Å². The molecule has 1 aromatic carbocycles. The number of hydrogen-bond acceptors (Lipinski definition) is 2. The van der Waals surface area contributed by atoms with Gasteiger partial charge in [-0.05, 0) is 30.2 Å². The second-order valence-corrected chi connectivity index (χ2v) is 4.98. The van der Waals surface area contributed by atoms with E-state index in [2.05, 4.69) is 10.2 Å². The van der Waals surface area contributed by atoms with Gasteiger partial charge >= 0.3 is 6.18 Å². The molecule has 0 spiro atoms. The van der Waals surface area contributed by atoms with E-state index in [1.165, 1.54) is 6.07 Å². The lowest BCUT2D eigenvalue weighted by Crippen LogP contribution is -2.45. The third kappa shape index (κ3) is 3.49. The summed E-state index contributed by atoms with van der Waals surface area (Å²) < 4.78 is 51.8. The summed E-state index contributed by atoms with van der Waals surface area (Å²) in [5, 5.41) is 3.20. The lowest BCUT2D eigenvalue weighted by molar-refractivity contribution is -0.137. The van der Waals surface area contributed by atoms with Crippen LogP contribution < -0.4 is 5.32 Å². The minimum Gasteiger partial charge on any atom is -0.314 e. The van der Waals surface area contributed by atoms with Crippen LogP contribution in [-0.4, -0.2) is 31.1 Å². The fourth-order valence-corrected chi connectivity index (χ4v) is 2.67. The Bertz CT molecular complexity index is 453. The van der Waals surface area contributed by atoms with Crippen LogP contribution in [0.4, 0.5) is 17.6 Å². The van der Waals surface area contributed by atoms with Crippen LogP contribution in [0.25, 0.3) is 0 Å². The van der Waals surface area contributed by atoms with Gasteiger partial charge in [-0.2, -0.15) is 13.2 Å². The number of nitrogens with zero attached hydrogens (tertiary/aromatic N) is 1. The molecule has 2 nitrogen and oxygen atoms in total. The Labute approximate surface area is 115 Å². The molecule has 1 heterocycles. The summed E-state index contributed by atoms with van der Waals surface area (Å²) in [4.78, 5) is 2.10. The average molecular weight is 290 g/mol. The zero-order chi connectivity index (χ0) is 14.8. The van der Waals surface area contributed by atoms with Gasteiger partial charge in [-0.25, -0.2) is 4.39 Å². The Morgan fingerprint density at radius 2 is 1.85 bits per heavy atom. The topological polar surface area (TPSA) is 15.3 Å². The van der Waals surface area contributed by atoms with Crippen molar-refractivity contribution in [3.8, 4) is 0 Å². The first-order chi connectivity index (χ1) is 9.41. The van der Waals surface area contributed by atoms with Crippen LogP contribution >= 0.6 is 0 Å². The van der Waals surface area contributed by atoms with Gasteiger partial charge in [0.05, 0.1) is 5.56 Å². The predicted molar refractivity (Wildman–Crippen MR) is 68.9 cm³/mol. The summed E-state index contributed by atoms with van der Waals surface area (Å²) in [6, 6.07) is 2.66. The van der Waals surface area contributed by atoms with Gasteiger partial charge in [0, 0.05) is 32.2 Å². The molecule has 0 unspecified atom stereocenters. The molecule has 0 saturated carbocycles. The highest BCUT2D eigenvalue weighted by atomic mass is 19.4. The molecule has 1 aliphatic heterocycles. The monoisotopic (exact) mass is 290 g/mol. The van der Waals surface area contributed by atoms with Gasteiger partial charge in [-0.3, -0.25) is 4.90 Å². The lowest BCUT2D eigenvalue weighted by Gasteiger charge is -2.35. The minimum absolute atomic E-state index is 0.172. The van der Waals surface area contributed by atoms with E-state index >= 15 is 0 Å². The molecule has 0 aromatic heterocycles. The van der Waals surface area contributed by atoms with Crippen LogP contribution in [0.15, 0.2) is 18.2 Å². The van der Waals surface area contributed by atoms with E-state index < -0.39 is 17.6 Å². The highest BCUT2D eigenvalue weighted by Gasteiger charge is 2.32. The molecule has 1 aliphatic rings. The Morgan fingerprint density at radius 1 is 1.20 bits per heavy atom. The summed E-state index contributed by atoms with van der Waals surface area (Å²) in [7, 11) is 0. The molecular formula is C14H18F4N2. The lowest BCUT2D eigenvalue weighted by atomic mass is 9.99. The summed E-state index contributed by atoms with van der Waals surface area (Å²) in [6.45, 7) is 5.04. The third-order valence-corrected chi connectivity index (χ3v) is 3.61. The number of piperazine rings is 1. The molecule has 112 valence electrons. The molecule has 1 saturated heterocycles. The quantitative estimate of drug-likeness (QED) is 0.860. The van der Waals surface area contributed by atoms with Crippen LogP contribution in [0.5, 0.6) is 0 Å². The van der Waals surface area contributed by atoms with Crippen molar-refractivity contribution < 1.29 is 17.6 Å². The van der Waals surface area contributed by atoms with E-state index in [1.807, 2.05) is 6.92 Å². The number of benzene rings is 1. The van der Waals surface area contributed by atoms with E-state index in [4.69, 9.17) is 0 Å². The number of hydrogen-bond donors (Lipinski definition) is 1. The number of rotatable bonds is 3. The molecule has 0 radical (unpaired) electrons. The molecular weight excluding hydrogens is 272 g/mol. The predicted octanol–water partition coefficient (Wildman–Crippen LogP) is 3.20. The molecule has 1 aromatic rings. The second kappa shape index (κ2) is 6.10. The maximum absolute atomic E-state index is 13.5. The fourth-order valence-electron chi connectivity index (χ4n) is 2.67. The Balaban J connectivity index is 2.31. The molecule has 20 heavy (non-hydrogen) atoms. The van der Waals surface area contributed by atoms with Gasteiger partial charge < -0.3 is 5.32 Å². The number of alkyl halides is 3. The van der Waals surface area contributed by atoms with Gasteiger partial charge in [0.15, 0.2) is 0 Å². The Hall–Kier alpha value is -1.14. The van der Waals surface area contributed by atoms with Crippen molar-refractivity contribution in [1.82, 2.24) is 10.2 Å². The van der Waals surface area contributed by atoms with Gasteiger partial charge in [0.2, 0.25) is 0 Å². The second-order valence-electron chi connectivity index (χ2n) is 4.98. The average Bonchev–Trinajstić information content (AvgIpc) is 2.39. The molecule has 6 heteroatoms. The third-order valence-electron chi connectivity index (χ3n) is 3.61. The number of halogens is 4. The summed E-state index contributed by atoms with van der Waals surface area (Å²) in [5.41, 5.74) is -0.511. The van der Waals surface area contributed by atoms with Crippen molar-refractivity contribution in [2.45, 2.75) is 25.6 Å². The van der Waals surface area contributed by atoms with E-state index in [-0.39, 0.29) is 6.04 Å². The van der Waals surface area contributed by atoms with E-state index in [0.29, 0.717) is 18.1 Å². The Kier molecular flexibility index (Phi) is 4.65. The van der Waals surface area contributed by atoms with Crippen molar-refractivity contribution >= 4 is 0 Å². The minimum atomic E-state index is -4.52. The van der Waals surface area contributed by atoms with Gasteiger partial charge in [0.1, 0.15) is 5.82 Å². The molecule has 1 atom stereocenters. The van der Waals surface area contributed by atoms with Crippen LogP contribution in [0.3, 0.4) is 0 Å². The molecule has 1 N–H and O–H groups in total. The maximum Gasteiger partial charge on any atom is 0.416 e. The maximum atomic E-state index is 13.5. The number of nitrogens with one attached hydrogen (secondary N) is 1. The van der Waals surface area contributed by atoms with Crippen LogP contribution in [0.1, 0.15) is 30.5 Å². The fraction of sp³-hybridized carbons (Fsp3) is 0.571. The zero-order valence-corrected chi connectivity index (χ0v) is 11.3. The highest BCUT2D eigenvalue weighted by Crippen LogP contribution is 2.33. The van der Waals surface area contributed by atoms with Gasteiger partial charge in [-0.15, -0.1) is 0 Å². The summed E-state index contributed by atoms with van der Waals surface area (Å²) in [6.07, 6.45) is -3.86. The van der Waals surface area contributed by atoms with Crippen molar-refractivity contribution in [3.63, 3.8) is 0 Å². The van der Waals surface area contributed by atoms with Gasteiger partial charge in [0.25, 0.3) is 0 Å². The van der Waals surface area contributed by atoms with Crippen molar-refractivity contribution in [3.05, 3.63) is 35.1 Å². The first-order valence-electron chi connectivity index (χ1n) is 6.74. The first kappa shape index (κ1) is 15.3. The zero-order valence-electron chi connectivity index (χ0n) is 11.3. The van der Waals surface area contributed by atoms with E-state index in [1.54, 1.807) is 0 Å². The molecule has 0 bridgehead atoms. The summed E-state index contributed by atoms with van der Waals surface area (Å²) in [5.74, 6) is -0.830. The molecule has 0 aliphatic carbocycles. The van der Waals surface area contributed by atoms with Crippen molar-refractivity contribution in [2.75, 3.05) is 26.2 Å². The highest BCUT2D eigenvalue weighted by molar-refractivity contribution is 5.29. The van der Waals surface area contributed by atoms with Crippen molar-refractivity contribution in [2.24, 2.45) is 0 Å². The van der Waals surface area contributed by atoms with Crippen molar-refractivity contribution in [1.29, 1.82) is 0 Å². The first-order valence-corrected chi connectivity index (χ1v) is 6.74. The van der Waals surface area contributed by atoms with Gasteiger partial charge in [-0.1, -0.05) is 6.92 Å². The normalized spacial score (nSPS) is 19.1. The SMILES string of the molecule is CC[C@@H](c1cc(F)cc(C(F)(F)F)c1)N1CCNCC1. The van der Waals surface area contributed by atoms with Crippen LogP contribution in [0, 0.1) is 5.82 Å². The standard InChI is InChI=1S/C14H18F4N2/c1-2-13(20-5-3-19-4-6-20)10-7-11(14(16,17)18)9-12(15)8-10/h7-9,13,19H,2-6H2,1H3/t13-/m0/s1. The smallest absolute Gasteiger partial charge is 0.314 e. The molecule has 2 rings (SSSR count). The van der Waals surface area contributed by atoms with Crippen LogP contribution in [0.2, 0.25) is 0 Å². The summed E-state index contributed by atoms with van der Waals surface area (Å²) >= 11 is 0. The molecule has 0 amide bonds. The Morgan fingerprint density at radius 3 is 2.40 bits per heavy atom. The largest absolute Gasteiger partial charge is 0.416 e. The molecule has 1 fully saturated rings. The van der Waals surface area contributed by atoms with E-state index in [0.717, 1.165) is 32.2 Å².